The number of amides is 1. The molecule has 122 valence electrons. The Kier molecular flexibility index (Phi) is 6.72. The van der Waals surface area contributed by atoms with Crippen LogP contribution in [-0.2, 0) is 4.79 Å². The molecule has 2 N–H and O–H groups in total. The Morgan fingerprint density at radius 1 is 1.23 bits per heavy atom. The predicted molar refractivity (Wildman–Crippen MR) is 89.9 cm³/mol. The van der Waals surface area contributed by atoms with Crippen molar-refractivity contribution < 1.29 is 9.90 Å². The van der Waals surface area contributed by atoms with Crippen molar-refractivity contribution in [2.45, 2.75) is 45.1 Å². The highest BCUT2D eigenvalue weighted by Crippen LogP contribution is 2.23. The average Bonchev–Trinajstić information content (AvgIpc) is 2.54. The van der Waals surface area contributed by atoms with Crippen molar-refractivity contribution in [2.75, 3.05) is 24.6 Å². The quantitative estimate of drug-likeness (QED) is 0.814. The van der Waals surface area contributed by atoms with E-state index in [2.05, 4.69) is 12.2 Å². The summed E-state index contributed by atoms with van der Waals surface area (Å²) in [6, 6.07) is 10.3. The van der Waals surface area contributed by atoms with E-state index < -0.39 is 0 Å². The largest absolute Gasteiger partial charge is 0.396 e. The van der Waals surface area contributed by atoms with Crippen LogP contribution in [0, 0.1) is 5.92 Å². The summed E-state index contributed by atoms with van der Waals surface area (Å²) in [5.74, 6) is 0.875. The van der Waals surface area contributed by atoms with Crippen LogP contribution in [0.3, 0.4) is 0 Å². The third-order valence-electron chi connectivity index (χ3n) is 4.42. The van der Waals surface area contributed by atoms with Crippen LogP contribution in [0.15, 0.2) is 30.3 Å². The Hall–Kier alpha value is -1.55. The smallest absolute Gasteiger partial charge is 0.239 e. The van der Waals surface area contributed by atoms with Crippen LogP contribution in [0.4, 0.5) is 5.69 Å². The van der Waals surface area contributed by atoms with Crippen molar-refractivity contribution in [3.63, 3.8) is 0 Å². The van der Waals surface area contributed by atoms with Gasteiger partial charge in [-0.2, -0.15) is 0 Å². The fourth-order valence-electron chi connectivity index (χ4n) is 3.05. The van der Waals surface area contributed by atoms with E-state index in [1.54, 1.807) is 0 Å². The van der Waals surface area contributed by atoms with Crippen LogP contribution in [0.5, 0.6) is 0 Å². The molecule has 1 aliphatic carbocycles. The van der Waals surface area contributed by atoms with E-state index >= 15 is 0 Å². The number of anilines is 1. The van der Waals surface area contributed by atoms with Crippen LogP contribution in [-0.4, -0.2) is 36.8 Å². The number of aliphatic hydroxyl groups is 1. The molecule has 1 amide bonds. The van der Waals surface area contributed by atoms with Gasteiger partial charge in [0.15, 0.2) is 0 Å². The number of hydrogen-bond donors (Lipinski definition) is 2. The Morgan fingerprint density at radius 2 is 1.91 bits per heavy atom. The number of nitrogens with one attached hydrogen (secondary N) is 1. The Balaban J connectivity index is 1.87. The summed E-state index contributed by atoms with van der Waals surface area (Å²) >= 11 is 0. The maximum absolute atomic E-state index is 12.3. The maximum Gasteiger partial charge on any atom is 0.239 e. The number of benzene rings is 1. The molecule has 1 aliphatic rings. The second-order valence-corrected chi connectivity index (χ2v) is 6.36. The Morgan fingerprint density at radius 3 is 2.55 bits per heavy atom. The topological polar surface area (TPSA) is 52.6 Å². The summed E-state index contributed by atoms with van der Waals surface area (Å²) in [5, 5.41) is 12.2. The zero-order chi connectivity index (χ0) is 15.8. The van der Waals surface area contributed by atoms with Gasteiger partial charge in [-0.15, -0.1) is 0 Å². The summed E-state index contributed by atoms with van der Waals surface area (Å²) in [6.45, 7) is 3.47. The van der Waals surface area contributed by atoms with Gasteiger partial charge in [-0.25, -0.2) is 0 Å². The van der Waals surface area contributed by atoms with Gasteiger partial charge in [0.1, 0.15) is 0 Å². The third-order valence-corrected chi connectivity index (χ3v) is 4.42. The molecule has 4 heteroatoms. The van der Waals surface area contributed by atoms with Gasteiger partial charge in [-0.3, -0.25) is 4.79 Å². The maximum atomic E-state index is 12.3. The zero-order valence-electron chi connectivity index (χ0n) is 13.5. The summed E-state index contributed by atoms with van der Waals surface area (Å²) < 4.78 is 0. The van der Waals surface area contributed by atoms with E-state index in [-0.39, 0.29) is 12.5 Å². The van der Waals surface area contributed by atoms with Crippen molar-refractivity contribution >= 4 is 11.6 Å². The lowest BCUT2D eigenvalue weighted by Crippen LogP contribution is -2.43. The van der Waals surface area contributed by atoms with Gasteiger partial charge in [0.25, 0.3) is 0 Å². The third kappa shape index (κ3) is 5.34. The number of rotatable bonds is 7. The van der Waals surface area contributed by atoms with Crippen molar-refractivity contribution in [3.8, 4) is 0 Å². The molecule has 0 saturated heterocycles. The van der Waals surface area contributed by atoms with Crippen LogP contribution in [0.25, 0.3) is 0 Å². The van der Waals surface area contributed by atoms with Crippen LogP contribution < -0.4 is 10.2 Å². The monoisotopic (exact) mass is 304 g/mol. The average molecular weight is 304 g/mol. The number of hydrogen-bond acceptors (Lipinski definition) is 3. The first kappa shape index (κ1) is 16.8. The van der Waals surface area contributed by atoms with Crippen molar-refractivity contribution in [1.29, 1.82) is 0 Å². The van der Waals surface area contributed by atoms with Crippen LogP contribution in [0.1, 0.15) is 39.0 Å². The van der Waals surface area contributed by atoms with Gasteiger partial charge in [0.2, 0.25) is 5.91 Å². The molecule has 1 aromatic rings. The molecule has 0 aromatic heterocycles. The first-order chi connectivity index (χ1) is 10.7. The minimum absolute atomic E-state index is 0.0846. The number of carbonyl (C=O) groups excluding carboxylic acids is 1. The number of para-hydroxylation sites is 1. The number of carbonyl (C=O) groups is 1. The van der Waals surface area contributed by atoms with E-state index in [9.17, 15) is 4.79 Å². The fourth-order valence-corrected chi connectivity index (χ4v) is 3.05. The summed E-state index contributed by atoms with van der Waals surface area (Å²) in [7, 11) is 0. The lowest BCUT2D eigenvalue weighted by molar-refractivity contribution is -0.120. The van der Waals surface area contributed by atoms with Gasteiger partial charge in [0.05, 0.1) is 6.54 Å². The minimum Gasteiger partial charge on any atom is -0.396 e. The first-order valence-electron chi connectivity index (χ1n) is 8.39. The molecule has 22 heavy (non-hydrogen) atoms. The second-order valence-electron chi connectivity index (χ2n) is 6.36. The van der Waals surface area contributed by atoms with Crippen molar-refractivity contribution in [1.82, 2.24) is 5.32 Å². The molecule has 4 nitrogen and oxygen atoms in total. The molecule has 1 saturated carbocycles. The standard InChI is InChI=1S/C18H28N2O2/c1-15-8-10-16(11-9-15)19-18(22)14-20(12-5-13-21)17-6-3-2-4-7-17/h2-4,6-7,15-16,21H,5,8-14H2,1H3,(H,19,22). The molecule has 0 heterocycles. The zero-order valence-corrected chi connectivity index (χ0v) is 13.5. The second kappa shape index (κ2) is 8.79. The van der Waals surface area contributed by atoms with Gasteiger partial charge < -0.3 is 15.3 Å². The molecule has 0 radical (unpaired) electrons. The molecular formula is C18H28N2O2. The molecule has 0 unspecified atom stereocenters. The van der Waals surface area contributed by atoms with E-state index in [1.165, 1.54) is 12.8 Å². The first-order valence-corrected chi connectivity index (χ1v) is 8.39. The predicted octanol–water partition coefficient (Wildman–Crippen LogP) is 2.57. The Labute approximate surface area is 133 Å². The van der Waals surface area contributed by atoms with Crippen molar-refractivity contribution in [2.24, 2.45) is 5.92 Å². The van der Waals surface area contributed by atoms with Gasteiger partial charge in [0, 0.05) is 24.9 Å². The SMILES string of the molecule is CC1CCC(NC(=O)CN(CCCO)c2ccccc2)CC1. The molecule has 1 aromatic carbocycles. The summed E-state index contributed by atoms with van der Waals surface area (Å²) in [4.78, 5) is 14.4. The lowest BCUT2D eigenvalue weighted by atomic mass is 9.87. The van der Waals surface area contributed by atoms with E-state index in [4.69, 9.17) is 5.11 Å². The van der Waals surface area contributed by atoms with Gasteiger partial charge in [-0.05, 0) is 50.2 Å². The number of nitrogens with zero attached hydrogens (tertiary/aromatic N) is 1. The Bertz CT molecular complexity index is 442. The molecule has 2 rings (SSSR count). The van der Waals surface area contributed by atoms with Gasteiger partial charge >= 0.3 is 0 Å². The van der Waals surface area contributed by atoms with E-state index in [0.717, 1.165) is 24.4 Å². The highest BCUT2D eigenvalue weighted by molar-refractivity contribution is 5.81. The summed E-state index contributed by atoms with van der Waals surface area (Å²) in [5.41, 5.74) is 1.03. The molecule has 0 aliphatic heterocycles. The fraction of sp³-hybridized carbons (Fsp3) is 0.611. The molecular weight excluding hydrogens is 276 g/mol. The summed E-state index contributed by atoms with van der Waals surface area (Å²) in [6.07, 6.45) is 5.27. The van der Waals surface area contributed by atoms with E-state index in [0.29, 0.717) is 25.6 Å². The number of aliphatic hydroxyl groups excluding tert-OH is 1. The minimum atomic E-state index is 0.0846. The molecule has 1 fully saturated rings. The highest BCUT2D eigenvalue weighted by atomic mass is 16.3. The molecule has 0 atom stereocenters. The van der Waals surface area contributed by atoms with Crippen LogP contribution in [0.2, 0.25) is 0 Å². The lowest BCUT2D eigenvalue weighted by Gasteiger charge is -2.29. The van der Waals surface area contributed by atoms with Crippen LogP contribution >= 0.6 is 0 Å². The molecule has 0 bridgehead atoms. The normalized spacial score (nSPS) is 21.4. The molecule has 0 spiro atoms. The van der Waals surface area contributed by atoms with Crippen molar-refractivity contribution in [3.05, 3.63) is 30.3 Å². The van der Waals surface area contributed by atoms with Gasteiger partial charge in [-0.1, -0.05) is 25.1 Å². The van der Waals surface area contributed by atoms with E-state index in [1.807, 2.05) is 35.2 Å². The highest BCUT2D eigenvalue weighted by Gasteiger charge is 2.20.